The number of rotatable bonds is 9. The summed E-state index contributed by atoms with van der Waals surface area (Å²) in [5.74, 6) is 0.783. The number of carbonyl (C=O) groups is 1. The van der Waals surface area contributed by atoms with Crippen molar-refractivity contribution in [2.45, 2.75) is 26.3 Å². The second-order valence-corrected chi connectivity index (χ2v) is 7.79. The van der Waals surface area contributed by atoms with Gasteiger partial charge >= 0.3 is 6.03 Å². The third kappa shape index (κ3) is 4.94. The van der Waals surface area contributed by atoms with Crippen molar-refractivity contribution in [2.24, 2.45) is 0 Å². The molecule has 1 unspecified atom stereocenters. The summed E-state index contributed by atoms with van der Waals surface area (Å²) in [5, 5.41) is 7.12. The molecule has 2 amide bonds. The van der Waals surface area contributed by atoms with Crippen LogP contribution in [0.4, 0.5) is 9.18 Å². The highest BCUT2D eigenvalue weighted by Gasteiger charge is 2.35. The molecule has 0 radical (unpaired) electrons. The standard InChI is InChI=1S/C25H27FN4O4/c1-4-33-13-7-12-30-16(2)21(22(27-25(30)31)17-8-6-11-20(15-17)32-3)24-28-23(29-34-24)18-9-5-10-19(26)14-18/h5-6,8-11,14-15,22H,4,7,12-13H2,1-3H3,(H,27,31). The number of benzene rings is 2. The molecular weight excluding hydrogens is 439 g/mol. The number of methoxy groups -OCH3 is 1. The second kappa shape index (κ2) is 10.5. The summed E-state index contributed by atoms with van der Waals surface area (Å²) in [6.07, 6.45) is 0.675. The summed E-state index contributed by atoms with van der Waals surface area (Å²) >= 11 is 0. The average molecular weight is 467 g/mol. The van der Waals surface area contributed by atoms with Crippen LogP contribution in [0.2, 0.25) is 0 Å². The van der Waals surface area contributed by atoms with Crippen molar-refractivity contribution in [3.05, 3.63) is 71.5 Å². The summed E-state index contributed by atoms with van der Waals surface area (Å²) < 4.78 is 30.2. The molecule has 0 bridgehead atoms. The van der Waals surface area contributed by atoms with E-state index in [0.717, 1.165) is 5.56 Å². The summed E-state index contributed by atoms with van der Waals surface area (Å²) in [4.78, 5) is 19.2. The zero-order valence-corrected chi connectivity index (χ0v) is 19.4. The number of ether oxygens (including phenoxy) is 2. The van der Waals surface area contributed by atoms with E-state index in [4.69, 9.17) is 14.0 Å². The van der Waals surface area contributed by atoms with Crippen LogP contribution in [0.5, 0.6) is 5.75 Å². The minimum Gasteiger partial charge on any atom is -0.497 e. The number of allylic oxidation sites excluding steroid dienone is 1. The van der Waals surface area contributed by atoms with Gasteiger partial charge < -0.3 is 19.3 Å². The van der Waals surface area contributed by atoms with Crippen molar-refractivity contribution in [1.29, 1.82) is 0 Å². The highest BCUT2D eigenvalue weighted by molar-refractivity contribution is 5.87. The van der Waals surface area contributed by atoms with Crippen LogP contribution in [-0.2, 0) is 4.74 Å². The Labute approximate surface area is 197 Å². The number of urea groups is 1. The van der Waals surface area contributed by atoms with Gasteiger partial charge in [0, 0.05) is 31.0 Å². The molecule has 34 heavy (non-hydrogen) atoms. The van der Waals surface area contributed by atoms with Gasteiger partial charge in [0.05, 0.1) is 18.7 Å². The van der Waals surface area contributed by atoms with Gasteiger partial charge in [-0.15, -0.1) is 0 Å². The molecule has 1 aliphatic rings. The summed E-state index contributed by atoms with van der Waals surface area (Å²) in [6.45, 7) is 5.42. The lowest BCUT2D eigenvalue weighted by atomic mass is 9.94. The predicted molar refractivity (Wildman–Crippen MR) is 124 cm³/mol. The van der Waals surface area contributed by atoms with Crippen LogP contribution in [0.25, 0.3) is 17.0 Å². The smallest absolute Gasteiger partial charge is 0.322 e. The normalized spacial score (nSPS) is 16.1. The summed E-state index contributed by atoms with van der Waals surface area (Å²) in [7, 11) is 1.59. The van der Waals surface area contributed by atoms with Crippen molar-refractivity contribution >= 4 is 11.6 Å². The lowest BCUT2D eigenvalue weighted by Crippen LogP contribution is -2.46. The number of amides is 2. The van der Waals surface area contributed by atoms with Crippen molar-refractivity contribution in [2.75, 3.05) is 26.9 Å². The zero-order chi connectivity index (χ0) is 24.1. The molecule has 4 rings (SSSR count). The van der Waals surface area contributed by atoms with Gasteiger partial charge in [0.15, 0.2) is 0 Å². The molecular formula is C25H27FN4O4. The van der Waals surface area contributed by atoms with Gasteiger partial charge in [-0.05, 0) is 50.1 Å². The van der Waals surface area contributed by atoms with E-state index in [-0.39, 0.29) is 23.6 Å². The Hall–Kier alpha value is -3.72. The van der Waals surface area contributed by atoms with Crippen molar-refractivity contribution in [3.63, 3.8) is 0 Å². The largest absolute Gasteiger partial charge is 0.497 e. The SMILES string of the molecule is CCOCCCN1C(=O)NC(c2cccc(OC)c2)C(c2nc(-c3cccc(F)c3)no2)=C1C. The fraction of sp³-hybridized carbons (Fsp3) is 0.320. The highest BCUT2D eigenvalue weighted by atomic mass is 19.1. The maximum absolute atomic E-state index is 13.7. The Bertz CT molecular complexity index is 1190. The first-order valence-corrected chi connectivity index (χ1v) is 11.1. The minimum absolute atomic E-state index is 0.226. The van der Waals surface area contributed by atoms with E-state index in [1.807, 2.05) is 38.1 Å². The van der Waals surface area contributed by atoms with E-state index in [1.54, 1.807) is 24.1 Å². The predicted octanol–water partition coefficient (Wildman–Crippen LogP) is 4.81. The monoisotopic (exact) mass is 466 g/mol. The molecule has 178 valence electrons. The average Bonchev–Trinajstić information content (AvgIpc) is 3.33. The Kier molecular flexibility index (Phi) is 7.22. The number of nitrogens with zero attached hydrogens (tertiary/aromatic N) is 3. The molecule has 3 aromatic rings. The molecule has 0 saturated carbocycles. The van der Waals surface area contributed by atoms with Gasteiger partial charge in [-0.2, -0.15) is 4.98 Å². The second-order valence-electron chi connectivity index (χ2n) is 7.79. The molecule has 9 heteroatoms. The molecule has 0 spiro atoms. The zero-order valence-electron chi connectivity index (χ0n) is 19.4. The van der Waals surface area contributed by atoms with Gasteiger partial charge in [0.2, 0.25) is 5.82 Å². The maximum Gasteiger partial charge on any atom is 0.322 e. The fourth-order valence-corrected chi connectivity index (χ4v) is 3.95. The van der Waals surface area contributed by atoms with Crippen LogP contribution in [-0.4, -0.2) is 47.9 Å². The van der Waals surface area contributed by atoms with Crippen molar-refractivity contribution in [1.82, 2.24) is 20.4 Å². The van der Waals surface area contributed by atoms with Crippen molar-refractivity contribution in [3.8, 4) is 17.1 Å². The number of nitrogens with one attached hydrogen (secondary N) is 1. The Morgan fingerprint density at radius 1 is 1.21 bits per heavy atom. The highest BCUT2D eigenvalue weighted by Crippen LogP contribution is 2.38. The molecule has 0 fully saturated rings. The Morgan fingerprint density at radius 3 is 2.79 bits per heavy atom. The summed E-state index contributed by atoms with van der Waals surface area (Å²) in [5.41, 5.74) is 2.67. The lowest BCUT2D eigenvalue weighted by Gasteiger charge is -2.35. The lowest BCUT2D eigenvalue weighted by molar-refractivity contribution is 0.136. The van der Waals surface area contributed by atoms with Gasteiger partial charge in [0.25, 0.3) is 5.89 Å². The topological polar surface area (TPSA) is 89.7 Å². The van der Waals surface area contributed by atoms with E-state index in [2.05, 4.69) is 15.5 Å². The molecule has 2 heterocycles. The quantitative estimate of drug-likeness (QED) is 0.455. The first-order chi connectivity index (χ1) is 16.5. The Balaban J connectivity index is 1.75. The molecule has 1 N–H and O–H groups in total. The van der Waals surface area contributed by atoms with Gasteiger partial charge in [-0.3, -0.25) is 4.90 Å². The molecule has 0 aliphatic carbocycles. The van der Waals surface area contributed by atoms with Crippen molar-refractivity contribution < 1.29 is 23.2 Å². The number of aromatic nitrogens is 2. The van der Waals surface area contributed by atoms with Crippen LogP contribution in [0.3, 0.4) is 0 Å². The van der Waals surface area contributed by atoms with Crippen LogP contribution in [0, 0.1) is 5.82 Å². The third-order valence-electron chi connectivity index (χ3n) is 5.64. The van der Waals surface area contributed by atoms with Gasteiger partial charge in [-0.1, -0.05) is 29.4 Å². The first-order valence-electron chi connectivity index (χ1n) is 11.1. The first kappa shape index (κ1) is 23.4. The summed E-state index contributed by atoms with van der Waals surface area (Å²) in [6, 6.07) is 12.7. The number of hydrogen-bond donors (Lipinski definition) is 1. The maximum atomic E-state index is 13.7. The molecule has 1 aliphatic heterocycles. The van der Waals surface area contributed by atoms with E-state index in [1.165, 1.54) is 12.1 Å². The van der Waals surface area contributed by atoms with Crippen LogP contribution >= 0.6 is 0 Å². The van der Waals surface area contributed by atoms with E-state index >= 15 is 0 Å². The molecule has 0 saturated heterocycles. The molecule has 2 aromatic carbocycles. The third-order valence-corrected chi connectivity index (χ3v) is 5.64. The minimum atomic E-state index is -0.536. The number of hydrogen-bond acceptors (Lipinski definition) is 6. The fourth-order valence-electron chi connectivity index (χ4n) is 3.95. The van der Waals surface area contributed by atoms with Gasteiger partial charge in [-0.25, -0.2) is 9.18 Å². The number of carbonyl (C=O) groups excluding carboxylic acids is 1. The number of halogens is 1. The van der Waals surface area contributed by atoms with Gasteiger partial charge in [0.1, 0.15) is 11.6 Å². The van der Waals surface area contributed by atoms with E-state index < -0.39 is 6.04 Å². The van der Waals surface area contributed by atoms with Crippen LogP contribution in [0.15, 0.2) is 58.8 Å². The van der Waals surface area contributed by atoms with E-state index in [9.17, 15) is 9.18 Å². The van der Waals surface area contributed by atoms with Crippen LogP contribution < -0.4 is 10.1 Å². The molecule has 8 nitrogen and oxygen atoms in total. The van der Waals surface area contributed by atoms with Crippen LogP contribution in [0.1, 0.15) is 37.8 Å². The molecule has 1 atom stereocenters. The Morgan fingerprint density at radius 2 is 2.03 bits per heavy atom. The molecule has 1 aromatic heterocycles. The van der Waals surface area contributed by atoms with E-state index in [0.29, 0.717) is 48.8 Å².